The van der Waals surface area contributed by atoms with Crippen LogP contribution in [0.5, 0.6) is 0 Å². The average molecular weight is 243 g/mol. The zero-order valence-electron chi connectivity index (χ0n) is 11.6. The van der Waals surface area contributed by atoms with Crippen molar-refractivity contribution < 1.29 is 5.11 Å². The maximum atomic E-state index is 10.6. The Labute approximate surface area is 109 Å². The molecule has 1 aromatic carbocycles. The molecule has 18 heavy (non-hydrogen) atoms. The van der Waals surface area contributed by atoms with Gasteiger partial charge in [0.05, 0.1) is 11.1 Å². The molecule has 2 aromatic rings. The van der Waals surface area contributed by atoms with E-state index < -0.39 is 5.60 Å². The van der Waals surface area contributed by atoms with Crippen LogP contribution < -0.4 is 0 Å². The number of nitrogens with zero attached hydrogens (tertiary/aromatic N) is 1. The molecule has 0 amide bonds. The summed E-state index contributed by atoms with van der Waals surface area (Å²) in [5.74, 6) is 0. The highest BCUT2D eigenvalue weighted by molar-refractivity contribution is 5.81. The smallest absolute Gasteiger partial charge is 0.0708 e. The predicted molar refractivity (Wildman–Crippen MR) is 75.5 cm³/mol. The lowest BCUT2D eigenvalue weighted by molar-refractivity contribution is -0.0403. The fourth-order valence-corrected chi connectivity index (χ4v) is 1.95. The number of aromatic nitrogens is 1. The number of benzene rings is 1. The number of aliphatic hydroxyl groups is 1. The van der Waals surface area contributed by atoms with Gasteiger partial charge in [0.15, 0.2) is 0 Å². The first-order chi connectivity index (χ1) is 8.31. The summed E-state index contributed by atoms with van der Waals surface area (Å²) < 4.78 is 0. The monoisotopic (exact) mass is 243 g/mol. The normalized spacial score (nSPS) is 15.6. The summed E-state index contributed by atoms with van der Waals surface area (Å²) in [6.07, 6.45) is 2.45. The molecule has 0 radical (unpaired) electrons. The highest BCUT2D eigenvalue weighted by atomic mass is 16.3. The van der Waals surface area contributed by atoms with Crippen molar-refractivity contribution in [1.82, 2.24) is 4.98 Å². The predicted octanol–water partition coefficient (Wildman–Crippen LogP) is 3.57. The van der Waals surface area contributed by atoms with Gasteiger partial charge < -0.3 is 5.11 Å². The van der Waals surface area contributed by atoms with Gasteiger partial charge in [-0.3, -0.25) is 4.98 Å². The van der Waals surface area contributed by atoms with Crippen molar-refractivity contribution in [2.45, 2.75) is 39.7 Å². The first-order valence-corrected chi connectivity index (χ1v) is 6.36. The van der Waals surface area contributed by atoms with E-state index in [0.717, 1.165) is 16.5 Å². The minimum atomic E-state index is -0.739. The van der Waals surface area contributed by atoms with Crippen molar-refractivity contribution >= 4 is 10.9 Å². The molecule has 2 rings (SSSR count). The van der Waals surface area contributed by atoms with E-state index in [9.17, 15) is 5.11 Å². The van der Waals surface area contributed by atoms with Gasteiger partial charge in [0, 0.05) is 18.0 Å². The lowest BCUT2D eigenvalue weighted by Gasteiger charge is -2.37. The van der Waals surface area contributed by atoms with E-state index in [2.05, 4.69) is 31.8 Å². The maximum Gasteiger partial charge on any atom is 0.0708 e. The number of para-hydroxylation sites is 1. The van der Waals surface area contributed by atoms with E-state index in [1.54, 1.807) is 0 Å². The molecular weight excluding hydrogens is 222 g/mol. The zero-order valence-corrected chi connectivity index (χ0v) is 11.6. The first-order valence-electron chi connectivity index (χ1n) is 6.36. The van der Waals surface area contributed by atoms with Crippen molar-refractivity contribution in [3.05, 3.63) is 42.1 Å². The Morgan fingerprint density at radius 3 is 2.39 bits per heavy atom. The molecule has 1 unspecified atom stereocenters. The van der Waals surface area contributed by atoms with E-state index in [4.69, 9.17) is 0 Å². The molecule has 0 saturated heterocycles. The Kier molecular flexibility index (Phi) is 3.16. The SMILES string of the molecule is CC(C)(C)C(C)(O)Cc1ccnc2ccccc12. The van der Waals surface area contributed by atoms with E-state index in [-0.39, 0.29) is 5.41 Å². The summed E-state index contributed by atoms with van der Waals surface area (Å²) in [5, 5.41) is 11.8. The quantitative estimate of drug-likeness (QED) is 0.874. The number of rotatable bonds is 2. The van der Waals surface area contributed by atoms with Gasteiger partial charge in [-0.25, -0.2) is 0 Å². The second-order valence-electron chi connectivity index (χ2n) is 6.19. The maximum absolute atomic E-state index is 10.6. The molecule has 96 valence electrons. The highest BCUT2D eigenvalue weighted by Gasteiger charge is 2.35. The molecule has 2 nitrogen and oxygen atoms in total. The molecule has 0 spiro atoms. The summed E-state index contributed by atoms with van der Waals surface area (Å²) in [5.41, 5.74) is 1.24. The van der Waals surface area contributed by atoms with Gasteiger partial charge in [0.2, 0.25) is 0 Å². The minimum absolute atomic E-state index is 0.155. The molecule has 1 aromatic heterocycles. The fraction of sp³-hybridized carbons (Fsp3) is 0.438. The average Bonchev–Trinajstić information content (AvgIpc) is 2.27. The zero-order chi connectivity index (χ0) is 13.4. The Hall–Kier alpha value is -1.41. The first kappa shape index (κ1) is 13.0. The summed E-state index contributed by atoms with van der Waals surface area (Å²) >= 11 is 0. The van der Waals surface area contributed by atoms with Gasteiger partial charge >= 0.3 is 0 Å². The standard InChI is InChI=1S/C16H21NO/c1-15(2,3)16(4,18)11-12-9-10-17-14-8-6-5-7-13(12)14/h5-10,18H,11H2,1-4H3. The van der Waals surface area contributed by atoms with Crippen LogP contribution in [0.2, 0.25) is 0 Å². The third-order valence-electron chi connectivity index (χ3n) is 3.89. The van der Waals surface area contributed by atoms with Crippen molar-refractivity contribution in [3.8, 4) is 0 Å². The molecule has 0 aliphatic heterocycles. The molecule has 0 saturated carbocycles. The Morgan fingerprint density at radius 1 is 1.06 bits per heavy atom. The van der Waals surface area contributed by atoms with Crippen molar-refractivity contribution in [3.63, 3.8) is 0 Å². The summed E-state index contributed by atoms with van der Waals surface area (Å²) in [6, 6.07) is 10.1. The van der Waals surface area contributed by atoms with Crippen LogP contribution in [0.3, 0.4) is 0 Å². The second-order valence-corrected chi connectivity index (χ2v) is 6.19. The lowest BCUT2D eigenvalue weighted by Crippen LogP contribution is -2.41. The third-order valence-corrected chi connectivity index (χ3v) is 3.89. The van der Waals surface area contributed by atoms with Crippen molar-refractivity contribution in [2.24, 2.45) is 5.41 Å². The van der Waals surface area contributed by atoms with Crippen molar-refractivity contribution in [1.29, 1.82) is 0 Å². The van der Waals surface area contributed by atoms with E-state index >= 15 is 0 Å². The van der Waals surface area contributed by atoms with Crippen LogP contribution in [0.4, 0.5) is 0 Å². The van der Waals surface area contributed by atoms with Gasteiger partial charge in [-0.2, -0.15) is 0 Å². The van der Waals surface area contributed by atoms with E-state index in [1.807, 2.05) is 37.4 Å². The van der Waals surface area contributed by atoms with E-state index in [1.165, 1.54) is 0 Å². The van der Waals surface area contributed by atoms with Gasteiger partial charge in [-0.05, 0) is 30.0 Å². The molecular formula is C16H21NO. The molecule has 0 aliphatic carbocycles. The van der Waals surface area contributed by atoms with Crippen LogP contribution in [0.1, 0.15) is 33.3 Å². The van der Waals surface area contributed by atoms with Crippen LogP contribution in [-0.2, 0) is 6.42 Å². The van der Waals surface area contributed by atoms with Gasteiger partial charge in [-0.15, -0.1) is 0 Å². The summed E-state index contributed by atoms with van der Waals surface area (Å²) in [4.78, 5) is 4.35. The lowest BCUT2D eigenvalue weighted by atomic mass is 9.74. The van der Waals surface area contributed by atoms with Crippen molar-refractivity contribution in [2.75, 3.05) is 0 Å². The topological polar surface area (TPSA) is 33.1 Å². The van der Waals surface area contributed by atoms with Crippen LogP contribution in [0, 0.1) is 5.41 Å². The number of fused-ring (bicyclic) bond motifs is 1. The number of hydrogen-bond acceptors (Lipinski definition) is 2. The van der Waals surface area contributed by atoms with Crippen LogP contribution >= 0.6 is 0 Å². The minimum Gasteiger partial charge on any atom is -0.389 e. The Bertz CT molecular complexity index is 547. The third kappa shape index (κ3) is 2.39. The molecule has 0 fully saturated rings. The second kappa shape index (κ2) is 4.36. The fourth-order valence-electron chi connectivity index (χ4n) is 1.95. The number of hydrogen-bond donors (Lipinski definition) is 1. The van der Waals surface area contributed by atoms with Crippen LogP contribution in [0.15, 0.2) is 36.5 Å². The molecule has 1 atom stereocenters. The summed E-state index contributed by atoms with van der Waals surface area (Å²) in [6.45, 7) is 8.10. The van der Waals surface area contributed by atoms with E-state index in [0.29, 0.717) is 6.42 Å². The van der Waals surface area contributed by atoms with Gasteiger partial charge in [0.1, 0.15) is 0 Å². The molecule has 1 heterocycles. The highest BCUT2D eigenvalue weighted by Crippen LogP contribution is 2.34. The number of pyridine rings is 1. The largest absolute Gasteiger partial charge is 0.389 e. The van der Waals surface area contributed by atoms with Gasteiger partial charge in [-0.1, -0.05) is 39.0 Å². The molecule has 1 N–H and O–H groups in total. The van der Waals surface area contributed by atoms with Crippen LogP contribution in [-0.4, -0.2) is 15.7 Å². The Balaban J connectivity index is 2.44. The summed E-state index contributed by atoms with van der Waals surface area (Å²) in [7, 11) is 0. The molecule has 0 aliphatic rings. The molecule has 0 bridgehead atoms. The van der Waals surface area contributed by atoms with Crippen LogP contribution in [0.25, 0.3) is 10.9 Å². The Morgan fingerprint density at radius 2 is 1.72 bits per heavy atom. The van der Waals surface area contributed by atoms with Gasteiger partial charge in [0.25, 0.3) is 0 Å². The molecule has 2 heteroatoms.